The fraction of sp³-hybridized carbons (Fsp3) is 0.0625. The maximum absolute atomic E-state index is 5.93. The first-order chi connectivity index (χ1) is 12.8. The Kier molecular flexibility index (Phi) is 4.33. The smallest absolute Gasteiger partial charge is 0.209 e. The zero-order valence-electron chi connectivity index (χ0n) is 13.6. The molecule has 0 aliphatic heterocycles. The number of nitrogens with one attached hydrogen (secondary N) is 3. The highest BCUT2D eigenvalue weighted by atomic mass is 32.2. The molecule has 0 bridgehead atoms. The van der Waals surface area contributed by atoms with Crippen molar-refractivity contribution in [1.29, 1.82) is 0 Å². The van der Waals surface area contributed by atoms with Gasteiger partial charge in [0.15, 0.2) is 11.6 Å². The molecule has 7 N–H and O–H groups in total. The molecule has 0 aliphatic carbocycles. The Labute approximate surface area is 152 Å². The third-order valence-corrected chi connectivity index (χ3v) is 4.66. The van der Waals surface area contributed by atoms with Crippen molar-refractivity contribution in [1.82, 2.24) is 25.6 Å². The lowest BCUT2D eigenvalue weighted by Crippen LogP contribution is -2.33. The lowest BCUT2D eigenvalue weighted by molar-refractivity contribution is 0.592. The normalized spacial score (nSPS) is 12.0. The van der Waals surface area contributed by atoms with E-state index in [4.69, 9.17) is 16.1 Å². The molecule has 0 spiro atoms. The third kappa shape index (κ3) is 3.15. The molecule has 0 atom stereocenters. The number of aromatic nitrogens is 4. The van der Waals surface area contributed by atoms with Crippen molar-refractivity contribution in [2.75, 3.05) is 5.75 Å². The summed E-state index contributed by atoms with van der Waals surface area (Å²) in [5.41, 5.74) is 4.49. The minimum absolute atomic E-state index is 0.435. The Bertz CT molecular complexity index is 1060. The largest absolute Gasteiger partial charge is 0.453 e. The summed E-state index contributed by atoms with van der Waals surface area (Å²) in [6, 6.07) is 11.9. The molecule has 26 heavy (non-hydrogen) atoms. The van der Waals surface area contributed by atoms with Crippen LogP contribution in [0.4, 0.5) is 0 Å². The second-order valence-electron chi connectivity index (χ2n) is 5.42. The van der Waals surface area contributed by atoms with Crippen LogP contribution in [0.15, 0.2) is 57.3 Å². The van der Waals surface area contributed by atoms with Gasteiger partial charge in [0.25, 0.3) is 0 Å². The molecule has 132 valence electrons. The first-order valence-corrected chi connectivity index (χ1v) is 8.71. The number of nitrogens with zero attached hydrogens (tertiary/aromatic N) is 3. The standard InChI is InChI=1S/C16H16N8OS/c17-21-14(22-18)8-26-16-20-15(23-24-16)13-4-3-12(25-13)10-1-2-11-9(7-10)5-6-19-11/h1-7,19H,8,17-18H2,(H,21,22)(H,20,23,24). The van der Waals surface area contributed by atoms with E-state index in [0.29, 0.717) is 28.3 Å². The quantitative estimate of drug-likeness (QED) is 0.119. The van der Waals surface area contributed by atoms with Gasteiger partial charge in [-0.3, -0.25) is 5.10 Å². The lowest BCUT2D eigenvalue weighted by Gasteiger charge is -1.99. The molecule has 0 radical (unpaired) electrons. The predicted molar refractivity (Wildman–Crippen MR) is 101 cm³/mol. The molecule has 3 aromatic heterocycles. The first-order valence-electron chi connectivity index (χ1n) is 7.73. The number of H-pyrrole nitrogens is 2. The summed E-state index contributed by atoms with van der Waals surface area (Å²) in [6.07, 6.45) is 1.91. The van der Waals surface area contributed by atoms with Crippen molar-refractivity contribution in [2.45, 2.75) is 5.16 Å². The van der Waals surface area contributed by atoms with Gasteiger partial charge in [-0.15, -0.1) is 5.10 Å². The molecule has 3 heterocycles. The van der Waals surface area contributed by atoms with E-state index in [-0.39, 0.29) is 0 Å². The fourth-order valence-electron chi connectivity index (χ4n) is 2.50. The van der Waals surface area contributed by atoms with E-state index in [2.05, 4.69) is 36.8 Å². The van der Waals surface area contributed by atoms with Crippen LogP contribution in [0.5, 0.6) is 0 Å². The molecule has 9 nitrogen and oxygen atoms in total. The summed E-state index contributed by atoms with van der Waals surface area (Å²) in [5, 5.41) is 12.2. The number of amidine groups is 1. The summed E-state index contributed by atoms with van der Waals surface area (Å²) in [4.78, 5) is 7.58. The molecule has 4 rings (SSSR count). The number of rotatable bonds is 5. The number of hydrogen-bond donors (Lipinski definition) is 5. The van der Waals surface area contributed by atoms with Crippen LogP contribution in [0.1, 0.15) is 0 Å². The average Bonchev–Trinajstić information content (AvgIpc) is 3.41. The summed E-state index contributed by atoms with van der Waals surface area (Å²) in [7, 11) is 0. The van der Waals surface area contributed by atoms with E-state index in [9.17, 15) is 0 Å². The number of nitrogens with two attached hydrogens (primary N) is 2. The molecule has 4 aromatic rings. The van der Waals surface area contributed by atoms with E-state index < -0.39 is 0 Å². The fourth-order valence-corrected chi connectivity index (χ4v) is 3.19. The Morgan fingerprint density at radius 3 is 2.96 bits per heavy atom. The zero-order valence-corrected chi connectivity index (χ0v) is 14.4. The van der Waals surface area contributed by atoms with Gasteiger partial charge in [-0.25, -0.2) is 5.84 Å². The van der Waals surface area contributed by atoms with Gasteiger partial charge in [-0.1, -0.05) is 11.8 Å². The van der Waals surface area contributed by atoms with E-state index >= 15 is 0 Å². The molecule has 10 heteroatoms. The van der Waals surface area contributed by atoms with Gasteiger partial charge in [0.2, 0.25) is 5.16 Å². The van der Waals surface area contributed by atoms with Crippen LogP contribution in [0, 0.1) is 0 Å². The van der Waals surface area contributed by atoms with E-state index in [1.807, 2.05) is 36.5 Å². The van der Waals surface area contributed by atoms with Gasteiger partial charge in [0.05, 0.1) is 5.75 Å². The molecule has 0 fully saturated rings. The second-order valence-corrected chi connectivity index (χ2v) is 6.36. The van der Waals surface area contributed by atoms with Gasteiger partial charge < -0.3 is 20.7 Å². The van der Waals surface area contributed by atoms with Crippen molar-refractivity contribution in [3.05, 3.63) is 42.6 Å². The topological polar surface area (TPSA) is 147 Å². The highest BCUT2D eigenvalue weighted by Gasteiger charge is 2.12. The number of benzene rings is 1. The van der Waals surface area contributed by atoms with Crippen molar-refractivity contribution < 1.29 is 4.42 Å². The first kappa shape index (κ1) is 16.2. The van der Waals surface area contributed by atoms with Crippen LogP contribution >= 0.6 is 11.8 Å². The van der Waals surface area contributed by atoms with E-state index in [1.54, 1.807) is 0 Å². The van der Waals surface area contributed by atoms with Crippen molar-refractivity contribution in [3.8, 4) is 22.9 Å². The maximum Gasteiger partial charge on any atom is 0.209 e. The number of furan rings is 1. The Morgan fingerprint density at radius 2 is 2.12 bits per heavy atom. The van der Waals surface area contributed by atoms with Crippen LogP contribution < -0.4 is 17.1 Å². The van der Waals surface area contributed by atoms with Gasteiger partial charge in [-0.2, -0.15) is 10.1 Å². The lowest BCUT2D eigenvalue weighted by atomic mass is 10.1. The Balaban J connectivity index is 1.52. The molecule has 0 unspecified atom stereocenters. The van der Waals surface area contributed by atoms with Crippen LogP contribution in [-0.2, 0) is 0 Å². The van der Waals surface area contributed by atoms with Gasteiger partial charge >= 0.3 is 0 Å². The number of hydrogen-bond acceptors (Lipinski definition) is 7. The monoisotopic (exact) mass is 368 g/mol. The Morgan fingerprint density at radius 1 is 1.23 bits per heavy atom. The third-order valence-electron chi connectivity index (χ3n) is 3.80. The number of fused-ring (bicyclic) bond motifs is 1. The summed E-state index contributed by atoms with van der Waals surface area (Å²) < 4.78 is 5.93. The number of hydrazone groups is 1. The van der Waals surface area contributed by atoms with Crippen LogP contribution in [-0.4, -0.2) is 31.8 Å². The molecule has 0 aliphatic rings. The molecule has 0 saturated carbocycles. The van der Waals surface area contributed by atoms with Crippen molar-refractivity contribution in [2.24, 2.45) is 16.8 Å². The number of hydrazine groups is 1. The molecule has 1 aromatic carbocycles. The molecule has 0 amide bonds. The summed E-state index contributed by atoms with van der Waals surface area (Å²) in [6.45, 7) is 0. The Hall–Kier alpha value is -3.24. The second kappa shape index (κ2) is 6.94. The number of thioether (sulfide) groups is 1. The highest BCUT2D eigenvalue weighted by molar-refractivity contribution is 7.99. The zero-order chi connectivity index (χ0) is 17.9. The predicted octanol–water partition coefficient (Wildman–Crippen LogP) is 2.04. The maximum atomic E-state index is 5.93. The number of aromatic amines is 2. The highest BCUT2D eigenvalue weighted by Crippen LogP contribution is 2.29. The van der Waals surface area contributed by atoms with Gasteiger partial charge in [-0.05, 0) is 36.4 Å². The molecular formula is C16H16N8OS. The minimum atomic E-state index is 0.435. The van der Waals surface area contributed by atoms with Crippen molar-refractivity contribution >= 4 is 28.5 Å². The van der Waals surface area contributed by atoms with Crippen LogP contribution in [0.25, 0.3) is 33.8 Å². The van der Waals surface area contributed by atoms with Crippen molar-refractivity contribution in [3.63, 3.8) is 0 Å². The summed E-state index contributed by atoms with van der Waals surface area (Å²) >= 11 is 1.35. The summed E-state index contributed by atoms with van der Waals surface area (Å²) in [5.74, 6) is 13.3. The average molecular weight is 368 g/mol. The SMILES string of the molecule is N/N=C(/CSc1n[nH]c(-c2ccc(-c3ccc4[nH]ccc4c3)o2)n1)NN. The minimum Gasteiger partial charge on any atom is -0.453 e. The van der Waals surface area contributed by atoms with Gasteiger partial charge in [0, 0.05) is 22.7 Å². The van der Waals surface area contributed by atoms with Gasteiger partial charge in [0.1, 0.15) is 11.6 Å². The molecular weight excluding hydrogens is 352 g/mol. The molecule has 0 saturated heterocycles. The van der Waals surface area contributed by atoms with Crippen LogP contribution in [0.3, 0.4) is 0 Å². The van der Waals surface area contributed by atoms with E-state index in [0.717, 1.165) is 22.2 Å². The van der Waals surface area contributed by atoms with Crippen LogP contribution in [0.2, 0.25) is 0 Å². The van der Waals surface area contributed by atoms with E-state index in [1.165, 1.54) is 11.8 Å².